The van der Waals surface area contributed by atoms with Gasteiger partial charge in [-0.25, -0.2) is 0 Å². The molecule has 0 saturated heterocycles. The van der Waals surface area contributed by atoms with Gasteiger partial charge in [0, 0.05) is 12.8 Å². The van der Waals surface area contributed by atoms with Crippen LogP contribution in [0.3, 0.4) is 0 Å². The third kappa shape index (κ3) is 1.43. The second-order valence-corrected chi connectivity index (χ2v) is 1.95. The van der Waals surface area contributed by atoms with Crippen molar-refractivity contribution in [3.63, 3.8) is 0 Å². The van der Waals surface area contributed by atoms with E-state index in [1.54, 1.807) is 6.08 Å². The van der Waals surface area contributed by atoms with Gasteiger partial charge in [-0.15, -0.1) is 6.58 Å². The molecule has 0 atom stereocenters. The van der Waals surface area contributed by atoms with Gasteiger partial charge in [-0.2, -0.15) is 4.98 Å². The predicted molar refractivity (Wildman–Crippen MR) is 37.6 cm³/mol. The lowest BCUT2D eigenvalue weighted by Gasteiger charge is -1.78. The summed E-state index contributed by atoms with van der Waals surface area (Å²) in [4.78, 5) is 4.07. The Morgan fingerprint density at radius 1 is 1.70 bits per heavy atom. The highest BCUT2D eigenvalue weighted by atomic mass is 16.5. The first-order valence-electron chi connectivity index (χ1n) is 3.29. The number of aryl methyl sites for hydroxylation is 1. The highest BCUT2D eigenvalue weighted by molar-refractivity contribution is 4.91. The molecule has 0 radical (unpaired) electrons. The normalized spacial score (nSPS) is 9.70. The van der Waals surface area contributed by atoms with E-state index in [-0.39, 0.29) is 0 Å². The van der Waals surface area contributed by atoms with Crippen LogP contribution in [0.1, 0.15) is 18.6 Å². The molecule has 0 aromatic carbocycles. The quantitative estimate of drug-likeness (QED) is 0.592. The van der Waals surface area contributed by atoms with Gasteiger partial charge in [0.05, 0.1) is 0 Å². The molecule has 0 N–H and O–H groups in total. The minimum atomic E-state index is 0.684. The Labute approximate surface area is 59.8 Å². The molecule has 1 aromatic rings. The number of hydrogen-bond donors (Lipinski definition) is 0. The largest absolute Gasteiger partial charge is 0.339 e. The van der Waals surface area contributed by atoms with Gasteiger partial charge in [-0.3, -0.25) is 0 Å². The fraction of sp³-hybridized carbons (Fsp3) is 0.429. The van der Waals surface area contributed by atoms with Crippen LogP contribution in [-0.4, -0.2) is 10.1 Å². The minimum absolute atomic E-state index is 0.684. The number of rotatable bonds is 3. The van der Waals surface area contributed by atoms with E-state index < -0.39 is 0 Å². The lowest BCUT2D eigenvalue weighted by Crippen LogP contribution is -1.83. The second kappa shape index (κ2) is 3.15. The molecule has 0 unspecified atom stereocenters. The molecule has 1 aromatic heterocycles. The van der Waals surface area contributed by atoms with Crippen molar-refractivity contribution in [2.45, 2.75) is 19.8 Å². The maximum Gasteiger partial charge on any atom is 0.226 e. The minimum Gasteiger partial charge on any atom is -0.339 e. The maximum atomic E-state index is 4.86. The summed E-state index contributed by atoms with van der Waals surface area (Å²) < 4.78 is 4.86. The van der Waals surface area contributed by atoms with Crippen molar-refractivity contribution in [3.8, 4) is 0 Å². The molecule has 0 spiro atoms. The Morgan fingerprint density at radius 2 is 2.50 bits per heavy atom. The van der Waals surface area contributed by atoms with Crippen molar-refractivity contribution in [3.05, 3.63) is 24.4 Å². The van der Waals surface area contributed by atoms with Gasteiger partial charge >= 0.3 is 0 Å². The third-order valence-electron chi connectivity index (χ3n) is 1.14. The maximum absolute atomic E-state index is 4.86. The fourth-order valence-corrected chi connectivity index (χ4v) is 0.646. The predicted octanol–water partition coefficient (Wildman–Crippen LogP) is 1.36. The molecule has 0 saturated carbocycles. The first-order valence-corrected chi connectivity index (χ1v) is 3.29. The number of hydrogen-bond acceptors (Lipinski definition) is 3. The van der Waals surface area contributed by atoms with Gasteiger partial charge < -0.3 is 4.52 Å². The van der Waals surface area contributed by atoms with Crippen LogP contribution in [0.5, 0.6) is 0 Å². The third-order valence-corrected chi connectivity index (χ3v) is 1.14. The average Bonchev–Trinajstić information content (AvgIpc) is 2.37. The first-order chi connectivity index (χ1) is 4.86. The van der Waals surface area contributed by atoms with E-state index in [9.17, 15) is 0 Å². The molecule has 3 heteroatoms. The van der Waals surface area contributed by atoms with Crippen LogP contribution in [0.2, 0.25) is 0 Å². The van der Waals surface area contributed by atoms with Crippen molar-refractivity contribution in [1.82, 2.24) is 10.1 Å². The van der Waals surface area contributed by atoms with Crippen molar-refractivity contribution < 1.29 is 4.52 Å². The van der Waals surface area contributed by atoms with Crippen LogP contribution in [0.25, 0.3) is 0 Å². The number of nitrogens with zero attached hydrogens (tertiary/aromatic N) is 2. The van der Waals surface area contributed by atoms with Gasteiger partial charge in [0.1, 0.15) is 0 Å². The topological polar surface area (TPSA) is 38.9 Å². The Bertz CT molecular complexity index is 217. The molecule has 0 aliphatic carbocycles. The van der Waals surface area contributed by atoms with Crippen LogP contribution >= 0.6 is 0 Å². The van der Waals surface area contributed by atoms with E-state index in [1.165, 1.54) is 0 Å². The van der Waals surface area contributed by atoms with E-state index in [0.717, 1.165) is 6.42 Å². The number of aromatic nitrogens is 2. The molecular weight excluding hydrogens is 128 g/mol. The van der Waals surface area contributed by atoms with Crippen molar-refractivity contribution in [2.75, 3.05) is 0 Å². The van der Waals surface area contributed by atoms with Crippen LogP contribution in [0.4, 0.5) is 0 Å². The summed E-state index contributed by atoms with van der Waals surface area (Å²) in [6.45, 7) is 5.55. The van der Waals surface area contributed by atoms with E-state index in [4.69, 9.17) is 4.52 Å². The zero-order chi connectivity index (χ0) is 7.40. The fourth-order valence-electron chi connectivity index (χ4n) is 0.646. The molecule has 1 heterocycles. The zero-order valence-corrected chi connectivity index (χ0v) is 6.00. The summed E-state index contributed by atoms with van der Waals surface area (Å²) in [5.74, 6) is 1.41. The average molecular weight is 138 g/mol. The lowest BCUT2D eigenvalue weighted by atomic mass is 10.4. The van der Waals surface area contributed by atoms with Gasteiger partial charge in [-0.05, 0) is 0 Å². The van der Waals surface area contributed by atoms with Crippen LogP contribution in [-0.2, 0) is 12.8 Å². The summed E-state index contributed by atoms with van der Waals surface area (Å²) in [7, 11) is 0. The molecule has 0 aliphatic heterocycles. The molecule has 0 fully saturated rings. The smallest absolute Gasteiger partial charge is 0.226 e. The molecule has 54 valence electrons. The summed E-state index contributed by atoms with van der Waals surface area (Å²) >= 11 is 0. The standard InChI is InChI=1S/C7H10N2O/c1-3-5-6-8-7(4-2)10-9-6/h3H,1,4-5H2,2H3. The second-order valence-electron chi connectivity index (χ2n) is 1.95. The highest BCUT2D eigenvalue weighted by Gasteiger charge is 2.00. The van der Waals surface area contributed by atoms with E-state index in [1.807, 2.05) is 6.92 Å². The van der Waals surface area contributed by atoms with Crippen LogP contribution in [0, 0.1) is 0 Å². The lowest BCUT2D eigenvalue weighted by molar-refractivity contribution is 0.377. The SMILES string of the molecule is C=CCc1noc(CC)n1. The Hall–Kier alpha value is -1.12. The first kappa shape index (κ1) is 6.99. The molecule has 0 bridgehead atoms. The van der Waals surface area contributed by atoms with Crippen molar-refractivity contribution in [2.24, 2.45) is 0 Å². The molecule has 3 nitrogen and oxygen atoms in total. The Morgan fingerprint density at radius 3 is 3.00 bits per heavy atom. The van der Waals surface area contributed by atoms with Gasteiger partial charge in [0.2, 0.25) is 5.89 Å². The highest BCUT2D eigenvalue weighted by Crippen LogP contribution is 1.98. The molecule has 0 aliphatic rings. The van der Waals surface area contributed by atoms with E-state index >= 15 is 0 Å². The molecule has 1 rings (SSSR count). The summed E-state index contributed by atoms with van der Waals surface area (Å²) in [6.07, 6.45) is 3.23. The monoisotopic (exact) mass is 138 g/mol. The zero-order valence-electron chi connectivity index (χ0n) is 6.00. The van der Waals surface area contributed by atoms with Crippen LogP contribution in [0.15, 0.2) is 17.2 Å². The summed E-state index contributed by atoms with van der Waals surface area (Å²) in [6, 6.07) is 0. The van der Waals surface area contributed by atoms with E-state index in [2.05, 4.69) is 16.7 Å². The van der Waals surface area contributed by atoms with Gasteiger partial charge in [0.15, 0.2) is 5.82 Å². The summed E-state index contributed by atoms with van der Waals surface area (Å²) in [5, 5.41) is 3.72. The van der Waals surface area contributed by atoms with Gasteiger partial charge in [0.25, 0.3) is 0 Å². The summed E-state index contributed by atoms with van der Waals surface area (Å²) in [5.41, 5.74) is 0. The molecule has 0 amide bonds. The molecule has 10 heavy (non-hydrogen) atoms. The van der Waals surface area contributed by atoms with Gasteiger partial charge in [-0.1, -0.05) is 18.2 Å². The Kier molecular flexibility index (Phi) is 2.20. The number of allylic oxidation sites excluding steroid dienone is 1. The molecular formula is C7H10N2O. The van der Waals surface area contributed by atoms with E-state index in [0.29, 0.717) is 18.1 Å². The van der Waals surface area contributed by atoms with Crippen LogP contribution < -0.4 is 0 Å². The van der Waals surface area contributed by atoms with Crippen molar-refractivity contribution in [1.29, 1.82) is 0 Å². The van der Waals surface area contributed by atoms with Crippen molar-refractivity contribution >= 4 is 0 Å². The Balaban J connectivity index is 2.67.